The fraction of sp³-hybridized carbons (Fsp3) is 0.478. The molecule has 32 heavy (non-hydrogen) atoms. The van der Waals surface area contributed by atoms with Crippen LogP contribution in [0.4, 0.5) is 13.2 Å². The monoisotopic (exact) mass is 472 g/mol. The van der Waals surface area contributed by atoms with Crippen molar-refractivity contribution in [3.8, 4) is 5.75 Å². The van der Waals surface area contributed by atoms with E-state index < -0.39 is 17.7 Å². The summed E-state index contributed by atoms with van der Waals surface area (Å²) in [6.07, 6.45) is 4.77. The third-order valence-electron chi connectivity index (χ3n) is 4.62. The normalized spacial score (nSPS) is 11.5. The first kappa shape index (κ1) is 25.8. The van der Waals surface area contributed by atoms with Gasteiger partial charge in [-0.1, -0.05) is 45.1 Å². The highest BCUT2D eigenvalue weighted by Crippen LogP contribution is 2.31. The van der Waals surface area contributed by atoms with Gasteiger partial charge in [-0.15, -0.1) is 24.9 Å². The van der Waals surface area contributed by atoms with Crippen molar-refractivity contribution in [2.75, 3.05) is 12.4 Å². The average molecular weight is 473 g/mol. The van der Waals surface area contributed by atoms with Crippen LogP contribution in [0.3, 0.4) is 0 Å². The van der Waals surface area contributed by atoms with Crippen LogP contribution in [0.5, 0.6) is 5.75 Å². The summed E-state index contributed by atoms with van der Waals surface area (Å²) in [5, 5.41) is 0.586. The van der Waals surface area contributed by atoms with Crippen LogP contribution in [0.15, 0.2) is 51.0 Å². The smallest absolute Gasteiger partial charge is 0.463 e. The number of hydrogen-bond donors (Lipinski definition) is 0. The molecule has 1 aromatic heterocycles. The molecule has 0 unspecified atom stereocenters. The van der Waals surface area contributed by atoms with Crippen LogP contribution in [-0.4, -0.2) is 24.7 Å². The first-order chi connectivity index (χ1) is 15.3. The number of ether oxygens (including phenoxy) is 2. The molecule has 0 bridgehead atoms. The van der Waals surface area contributed by atoms with Gasteiger partial charge in [0.2, 0.25) is 0 Å². The van der Waals surface area contributed by atoms with Gasteiger partial charge in [0.15, 0.2) is 0 Å². The molecular formula is C23H27F3O5S. The molecule has 2 aromatic rings. The maximum absolute atomic E-state index is 12.4. The standard InChI is InChI=1S/C23H27F3O5S/c1-2-21(27)29-13-9-7-5-3-4-6-8-10-14-32-20-16-22(28)30-19-15-17(11-12-18(19)20)31-23(24,25)26/h2,11-12,15-16H,1,3-10,13-14H2. The second-order valence-corrected chi connectivity index (χ2v) is 8.32. The lowest BCUT2D eigenvalue weighted by Crippen LogP contribution is -2.17. The van der Waals surface area contributed by atoms with Crippen LogP contribution in [0, 0.1) is 0 Å². The van der Waals surface area contributed by atoms with Crippen molar-refractivity contribution in [1.29, 1.82) is 0 Å². The first-order valence-corrected chi connectivity index (χ1v) is 11.5. The Morgan fingerprint density at radius 2 is 1.69 bits per heavy atom. The largest absolute Gasteiger partial charge is 0.573 e. The Morgan fingerprint density at radius 1 is 1.03 bits per heavy atom. The molecule has 0 aliphatic heterocycles. The third kappa shape index (κ3) is 9.80. The number of thioether (sulfide) groups is 1. The van der Waals surface area contributed by atoms with Crippen LogP contribution in [0.25, 0.3) is 11.0 Å². The summed E-state index contributed by atoms with van der Waals surface area (Å²) in [7, 11) is 0. The number of esters is 1. The highest BCUT2D eigenvalue weighted by atomic mass is 32.2. The third-order valence-corrected chi connectivity index (χ3v) is 5.76. The van der Waals surface area contributed by atoms with Crippen molar-refractivity contribution in [2.45, 2.75) is 62.6 Å². The van der Waals surface area contributed by atoms with E-state index >= 15 is 0 Å². The van der Waals surface area contributed by atoms with E-state index in [0.717, 1.165) is 69.3 Å². The number of benzene rings is 1. The number of rotatable bonds is 14. The zero-order valence-corrected chi connectivity index (χ0v) is 18.6. The Bertz CT molecular complexity index is 939. The number of alkyl halides is 3. The topological polar surface area (TPSA) is 65.7 Å². The first-order valence-electron chi connectivity index (χ1n) is 10.5. The van der Waals surface area contributed by atoms with E-state index in [1.54, 1.807) is 0 Å². The molecule has 0 spiro atoms. The number of unbranched alkanes of at least 4 members (excludes halogenated alkanes) is 7. The molecule has 0 atom stereocenters. The van der Waals surface area contributed by atoms with Gasteiger partial charge in [0.1, 0.15) is 11.3 Å². The van der Waals surface area contributed by atoms with Crippen LogP contribution in [0.2, 0.25) is 0 Å². The van der Waals surface area contributed by atoms with E-state index in [-0.39, 0.29) is 11.6 Å². The number of hydrogen-bond acceptors (Lipinski definition) is 6. The molecule has 2 rings (SSSR count). The molecule has 9 heteroatoms. The lowest BCUT2D eigenvalue weighted by atomic mass is 10.1. The SMILES string of the molecule is C=CC(=O)OCCCCCCCCCCSc1cc(=O)oc2cc(OC(F)(F)F)ccc12. The number of carbonyl (C=O) groups excluding carboxylic acids is 1. The molecule has 1 aromatic carbocycles. The minimum absolute atomic E-state index is 0.0704. The summed E-state index contributed by atoms with van der Waals surface area (Å²) in [4.78, 5) is 23.4. The molecule has 0 radical (unpaired) electrons. The minimum atomic E-state index is -4.80. The predicted octanol–water partition coefficient (Wildman–Crippen LogP) is 6.63. The Morgan fingerprint density at radius 3 is 2.34 bits per heavy atom. The Kier molecular flexibility index (Phi) is 10.7. The molecule has 1 heterocycles. The molecule has 0 aliphatic rings. The summed E-state index contributed by atoms with van der Waals surface area (Å²) in [6, 6.07) is 5.13. The Balaban J connectivity index is 1.66. The molecule has 0 fully saturated rings. The summed E-state index contributed by atoms with van der Waals surface area (Å²) >= 11 is 1.49. The highest BCUT2D eigenvalue weighted by Gasteiger charge is 2.31. The van der Waals surface area contributed by atoms with Crippen molar-refractivity contribution in [3.63, 3.8) is 0 Å². The van der Waals surface area contributed by atoms with Crippen LogP contribution in [-0.2, 0) is 9.53 Å². The van der Waals surface area contributed by atoms with Gasteiger partial charge in [-0.05, 0) is 30.7 Å². The van der Waals surface area contributed by atoms with Crippen LogP contribution >= 0.6 is 11.8 Å². The molecule has 0 saturated heterocycles. The summed E-state index contributed by atoms with van der Waals surface area (Å²) in [6.45, 7) is 3.78. The van der Waals surface area contributed by atoms with E-state index in [2.05, 4.69) is 11.3 Å². The number of carbonyl (C=O) groups is 1. The van der Waals surface area contributed by atoms with E-state index in [9.17, 15) is 22.8 Å². The van der Waals surface area contributed by atoms with E-state index in [4.69, 9.17) is 9.15 Å². The summed E-state index contributed by atoms with van der Waals surface area (Å²) < 4.78 is 51.0. The Labute approximate surface area is 189 Å². The van der Waals surface area contributed by atoms with Gasteiger partial charge in [-0.25, -0.2) is 9.59 Å². The van der Waals surface area contributed by atoms with Gasteiger partial charge in [-0.2, -0.15) is 0 Å². The maximum Gasteiger partial charge on any atom is 0.573 e. The van der Waals surface area contributed by atoms with Gasteiger partial charge in [0.25, 0.3) is 0 Å². The maximum atomic E-state index is 12.4. The Hall–Kier alpha value is -2.42. The summed E-state index contributed by atoms with van der Waals surface area (Å²) in [5.74, 6) is -0.00543. The van der Waals surface area contributed by atoms with Crippen molar-refractivity contribution in [3.05, 3.63) is 47.3 Å². The summed E-state index contributed by atoms with van der Waals surface area (Å²) in [5.41, 5.74) is -0.538. The van der Waals surface area contributed by atoms with Crippen LogP contribution in [0.1, 0.15) is 51.4 Å². The van der Waals surface area contributed by atoms with Gasteiger partial charge < -0.3 is 13.9 Å². The van der Waals surface area contributed by atoms with Crippen LogP contribution < -0.4 is 10.4 Å². The lowest BCUT2D eigenvalue weighted by molar-refractivity contribution is -0.274. The molecule has 0 amide bonds. The van der Waals surface area contributed by atoms with Crippen molar-refractivity contribution in [1.82, 2.24) is 0 Å². The fourth-order valence-electron chi connectivity index (χ4n) is 3.11. The molecule has 5 nitrogen and oxygen atoms in total. The highest BCUT2D eigenvalue weighted by molar-refractivity contribution is 7.99. The van der Waals surface area contributed by atoms with Gasteiger partial charge in [0, 0.05) is 28.5 Å². The fourth-order valence-corrected chi connectivity index (χ4v) is 4.18. The molecule has 0 saturated carbocycles. The molecule has 176 valence electrons. The van der Waals surface area contributed by atoms with Crippen molar-refractivity contribution >= 4 is 28.7 Å². The van der Waals surface area contributed by atoms with Crippen molar-refractivity contribution < 1.29 is 31.9 Å². The van der Waals surface area contributed by atoms with E-state index in [1.807, 2.05) is 0 Å². The van der Waals surface area contributed by atoms with E-state index in [0.29, 0.717) is 16.9 Å². The second-order valence-electron chi connectivity index (χ2n) is 7.18. The van der Waals surface area contributed by atoms with Gasteiger partial charge in [-0.3, -0.25) is 0 Å². The number of fused-ring (bicyclic) bond motifs is 1. The van der Waals surface area contributed by atoms with Gasteiger partial charge in [0.05, 0.1) is 6.61 Å². The zero-order chi connectivity index (χ0) is 23.4. The molecule has 0 aliphatic carbocycles. The molecule has 0 N–H and O–H groups in total. The van der Waals surface area contributed by atoms with Gasteiger partial charge >= 0.3 is 18.0 Å². The predicted molar refractivity (Wildman–Crippen MR) is 118 cm³/mol. The quantitative estimate of drug-likeness (QED) is 0.101. The molecular weight excluding hydrogens is 445 g/mol. The van der Waals surface area contributed by atoms with E-state index in [1.165, 1.54) is 30.0 Å². The zero-order valence-electron chi connectivity index (χ0n) is 17.7. The number of halogens is 3. The van der Waals surface area contributed by atoms with Crippen molar-refractivity contribution in [2.24, 2.45) is 0 Å². The average Bonchev–Trinajstić information content (AvgIpc) is 2.72. The lowest BCUT2D eigenvalue weighted by Gasteiger charge is -2.10. The minimum Gasteiger partial charge on any atom is -0.463 e. The second kappa shape index (κ2) is 13.2.